The van der Waals surface area contributed by atoms with Crippen molar-refractivity contribution in [2.24, 2.45) is 0 Å². The lowest BCUT2D eigenvalue weighted by Gasteiger charge is -2.02. The zero-order chi connectivity index (χ0) is 5.15. The van der Waals surface area contributed by atoms with E-state index in [1.807, 2.05) is 0 Å². The van der Waals surface area contributed by atoms with E-state index < -0.39 is 12.0 Å². The maximum Gasteiger partial charge on any atom is 0.285 e. The van der Waals surface area contributed by atoms with Gasteiger partial charge in [0.05, 0.1) is 0 Å². The minimum atomic E-state index is -1.07. The van der Waals surface area contributed by atoms with Gasteiger partial charge in [0.15, 0.2) is 0 Å². The smallest absolute Gasteiger partial charge is 0.285 e. The first-order valence-corrected chi connectivity index (χ1v) is 1.58. The number of rotatable bonds is 1. The highest BCUT2D eigenvalue weighted by Gasteiger charge is 1.90. The molecule has 0 saturated heterocycles. The van der Waals surface area contributed by atoms with Gasteiger partial charge in [-0.05, 0) is 6.04 Å². The molecule has 0 aliphatic heterocycles. The van der Waals surface area contributed by atoms with Gasteiger partial charge in [-0.2, -0.15) is 0 Å². The first kappa shape index (κ1) is 5.43. The van der Waals surface area contributed by atoms with Gasteiger partial charge in [-0.25, -0.2) is 0 Å². The first-order valence-electron chi connectivity index (χ1n) is 1.58. The molecule has 0 fully saturated rings. The highest BCUT2D eigenvalue weighted by molar-refractivity contribution is 5.74. The van der Waals surface area contributed by atoms with Crippen LogP contribution in [-0.2, 0) is 4.79 Å². The topological polar surface area (TPSA) is 61.1 Å². The number of aliphatic carboxylic acids is 1. The van der Waals surface area contributed by atoms with Crippen molar-refractivity contribution in [3.8, 4) is 0 Å². The molecule has 2 N–H and O–H groups in total. The van der Waals surface area contributed by atoms with E-state index >= 15 is 0 Å². The molecule has 0 aliphatic rings. The highest BCUT2D eigenvalue weighted by atomic mass is 16.4. The maximum absolute atomic E-state index is 9.51. The van der Waals surface area contributed by atoms with Crippen molar-refractivity contribution in [2.45, 2.75) is 13.0 Å². The number of carbonyl (C=O) groups is 1. The van der Waals surface area contributed by atoms with Gasteiger partial charge < -0.3 is 10.8 Å². The molecule has 0 rings (SSSR count). The lowest BCUT2D eigenvalue weighted by atomic mass is 10.4. The van der Waals surface area contributed by atoms with E-state index in [-0.39, 0.29) is 0 Å². The molecule has 0 aromatic rings. The van der Waals surface area contributed by atoms with Crippen LogP contribution in [0.2, 0.25) is 0 Å². The van der Waals surface area contributed by atoms with Gasteiger partial charge in [0, 0.05) is 0 Å². The summed E-state index contributed by atoms with van der Waals surface area (Å²) < 4.78 is 0. The lowest BCUT2D eigenvalue weighted by molar-refractivity contribution is -0.137. The molecular weight excluding hydrogens is 82.0 g/mol. The number of hydrogen-bond acceptors (Lipinski definition) is 1. The number of nitrogens with one attached hydrogen (secondary N) is 1. The van der Waals surface area contributed by atoms with Crippen LogP contribution in [0.5, 0.6) is 0 Å². The first-order chi connectivity index (χ1) is 2.64. The Morgan fingerprint density at radius 1 is 2.00 bits per heavy atom. The quantitative estimate of drug-likeness (QED) is 0.507. The molecular formula is C3H6NO2-. The third kappa shape index (κ3) is 1.72. The highest BCUT2D eigenvalue weighted by Crippen LogP contribution is 1.80. The third-order valence-electron chi connectivity index (χ3n) is 0.370. The van der Waals surface area contributed by atoms with Crippen molar-refractivity contribution < 1.29 is 9.90 Å². The van der Waals surface area contributed by atoms with E-state index in [2.05, 4.69) is 0 Å². The fraction of sp³-hybridized carbons (Fsp3) is 0.667. The minimum absolute atomic E-state index is 0.981. The van der Waals surface area contributed by atoms with Crippen molar-refractivity contribution >= 4 is 5.97 Å². The molecule has 0 heterocycles. The van der Waals surface area contributed by atoms with Gasteiger partial charge in [0.1, 0.15) is 0 Å². The SMILES string of the molecule is C[C@@H]([NH-])C(=O)O. The fourth-order valence-corrected chi connectivity index (χ4v) is 0. The summed E-state index contributed by atoms with van der Waals surface area (Å²) in [4.78, 5) is 9.51. The van der Waals surface area contributed by atoms with Crippen LogP contribution in [-0.4, -0.2) is 17.1 Å². The van der Waals surface area contributed by atoms with E-state index in [1.165, 1.54) is 6.92 Å². The normalized spacial score (nSPS) is 13.7. The lowest BCUT2D eigenvalue weighted by Crippen LogP contribution is -2.08. The van der Waals surface area contributed by atoms with Crippen LogP contribution in [0, 0.1) is 0 Å². The van der Waals surface area contributed by atoms with Gasteiger partial charge in [0.25, 0.3) is 5.97 Å². The molecule has 0 aromatic carbocycles. The Hall–Kier alpha value is -0.570. The number of carboxylic acid groups (broad SMARTS) is 1. The molecule has 6 heavy (non-hydrogen) atoms. The Kier molecular flexibility index (Phi) is 1.60. The van der Waals surface area contributed by atoms with Gasteiger partial charge in [0.2, 0.25) is 0 Å². The van der Waals surface area contributed by atoms with Crippen LogP contribution in [0.15, 0.2) is 0 Å². The van der Waals surface area contributed by atoms with Gasteiger partial charge in [-0.1, -0.05) is 6.92 Å². The van der Waals surface area contributed by atoms with Crippen LogP contribution >= 0.6 is 0 Å². The maximum atomic E-state index is 9.51. The Morgan fingerprint density at radius 3 is 2.17 bits per heavy atom. The summed E-state index contributed by atoms with van der Waals surface area (Å²) in [5.41, 5.74) is 6.43. The van der Waals surface area contributed by atoms with Crippen LogP contribution in [0.3, 0.4) is 0 Å². The second-order valence-electron chi connectivity index (χ2n) is 1.06. The summed E-state index contributed by atoms with van der Waals surface area (Å²) in [7, 11) is 0. The van der Waals surface area contributed by atoms with Gasteiger partial charge in [-0.15, -0.1) is 0 Å². The summed E-state index contributed by atoms with van der Waals surface area (Å²) >= 11 is 0. The largest absolute Gasteiger partial charge is 0.666 e. The van der Waals surface area contributed by atoms with Gasteiger partial charge >= 0.3 is 0 Å². The molecule has 0 spiro atoms. The molecule has 0 amide bonds. The van der Waals surface area contributed by atoms with Gasteiger partial charge in [-0.3, -0.25) is 4.79 Å². The zero-order valence-electron chi connectivity index (χ0n) is 3.43. The number of carboxylic acids is 1. The summed E-state index contributed by atoms with van der Waals surface area (Å²) in [6.07, 6.45) is 0. The summed E-state index contributed by atoms with van der Waals surface area (Å²) in [6.45, 7) is 1.31. The van der Waals surface area contributed by atoms with Crippen LogP contribution in [0.4, 0.5) is 0 Å². The third-order valence-corrected chi connectivity index (χ3v) is 0.370. The Bertz CT molecular complexity index is 59.8. The molecule has 0 bridgehead atoms. The standard InChI is InChI=1S/C3H6NO2/c1-2(4)3(5)6/h2,4H,1H3,(H,5,6)/q-1/t2-/m1/s1. The van der Waals surface area contributed by atoms with Crippen LogP contribution in [0.1, 0.15) is 6.92 Å². The van der Waals surface area contributed by atoms with Crippen molar-refractivity contribution in [3.05, 3.63) is 5.73 Å². The molecule has 0 unspecified atom stereocenters. The molecule has 1 atom stereocenters. The minimum Gasteiger partial charge on any atom is -0.666 e. The Labute approximate surface area is 35.8 Å². The average molecular weight is 88.1 g/mol. The van der Waals surface area contributed by atoms with E-state index in [0.29, 0.717) is 0 Å². The van der Waals surface area contributed by atoms with E-state index in [4.69, 9.17) is 10.8 Å². The van der Waals surface area contributed by atoms with Crippen molar-refractivity contribution in [1.82, 2.24) is 0 Å². The molecule has 3 heteroatoms. The Morgan fingerprint density at radius 2 is 2.17 bits per heavy atom. The molecule has 0 aliphatic carbocycles. The summed E-state index contributed by atoms with van der Waals surface area (Å²) in [5.74, 6) is -1.07. The van der Waals surface area contributed by atoms with Crippen LogP contribution < -0.4 is 0 Å². The van der Waals surface area contributed by atoms with Crippen molar-refractivity contribution in [2.75, 3.05) is 0 Å². The molecule has 0 saturated carbocycles. The summed E-state index contributed by atoms with van der Waals surface area (Å²) in [5, 5.41) is 7.80. The zero-order valence-corrected chi connectivity index (χ0v) is 3.43. The van der Waals surface area contributed by atoms with E-state index in [1.54, 1.807) is 0 Å². The number of hydrogen-bond donors (Lipinski definition) is 1. The fourth-order valence-electron chi connectivity index (χ4n) is 0. The predicted octanol–water partition coefficient (Wildman–Crippen LogP) is 0.512. The molecule has 0 radical (unpaired) electrons. The Balaban J connectivity index is 3.26. The van der Waals surface area contributed by atoms with Crippen molar-refractivity contribution in [1.29, 1.82) is 0 Å². The molecule has 36 valence electrons. The molecule has 0 aromatic heterocycles. The average Bonchev–Trinajstić information content (AvgIpc) is 1.36. The van der Waals surface area contributed by atoms with Crippen LogP contribution in [0.25, 0.3) is 5.73 Å². The predicted molar refractivity (Wildman–Crippen MR) is 21.4 cm³/mol. The summed E-state index contributed by atoms with van der Waals surface area (Å²) in [6, 6.07) is -0.981. The van der Waals surface area contributed by atoms with Crippen molar-refractivity contribution in [3.63, 3.8) is 0 Å². The van der Waals surface area contributed by atoms with E-state index in [0.717, 1.165) is 0 Å². The second kappa shape index (κ2) is 1.77. The monoisotopic (exact) mass is 88.0 g/mol. The van der Waals surface area contributed by atoms with E-state index in [9.17, 15) is 4.79 Å². The second-order valence-corrected chi connectivity index (χ2v) is 1.06. The molecule has 3 nitrogen and oxygen atoms in total.